The zero-order chi connectivity index (χ0) is 15.6. The van der Waals surface area contributed by atoms with E-state index in [1.807, 2.05) is 10.9 Å². The number of nitrogens with one attached hydrogen (secondary N) is 1. The first-order chi connectivity index (χ1) is 9.76. The molecule has 0 atom stereocenters. The quantitative estimate of drug-likeness (QED) is 0.912. The van der Waals surface area contributed by atoms with E-state index in [9.17, 15) is 0 Å². The van der Waals surface area contributed by atoms with Crippen LogP contribution in [-0.4, -0.2) is 15.3 Å². The van der Waals surface area contributed by atoms with Crippen LogP contribution in [-0.2, 0) is 6.54 Å². The van der Waals surface area contributed by atoms with E-state index in [1.54, 1.807) is 0 Å². The van der Waals surface area contributed by atoms with Crippen LogP contribution in [0.25, 0.3) is 5.69 Å². The lowest BCUT2D eigenvalue weighted by molar-refractivity contribution is 0.424. The fraction of sp³-hybridized carbons (Fsp3) is 0.500. The Morgan fingerprint density at radius 3 is 2.43 bits per heavy atom. The Kier molecular flexibility index (Phi) is 4.52. The summed E-state index contributed by atoms with van der Waals surface area (Å²) in [5.74, 6) is 0.461. The zero-order valence-electron chi connectivity index (χ0n) is 14.1. The molecule has 114 valence electrons. The summed E-state index contributed by atoms with van der Waals surface area (Å²) in [6.07, 6.45) is 2.04. The zero-order valence-corrected chi connectivity index (χ0v) is 14.1. The van der Waals surface area contributed by atoms with Crippen LogP contribution in [0.3, 0.4) is 0 Å². The van der Waals surface area contributed by atoms with Gasteiger partial charge in [0, 0.05) is 18.3 Å². The van der Waals surface area contributed by atoms with E-state index in [-0.39, 0.29) is 5.54 Å². The smallest absolute Gasteiger partial charge is 0.0654 e. The molecule has 0 bridgehead atoms. The van der Waals surface area contributed by atoms with Gasteiger partial charge in [-0.3, -0.25) is 0 Å². The number of hydrogen-bond donors (Lipinski definition) is 1. The number of hydrogen-bond acceptors (Lipinski definition) is 2. The predicted octanol–water partition coefficient (Wildman–Crippen LogP) is 4.19. The first-order valence-electron chi connectivity index (χ1n) is 7.67. The van der Waals surface area contributed by atoms with Crippen molar-refractivity contribution in [2.24, 2.45) is 0 Å². The third-order valence-corrected chi connectivity index (χ3v) is 3.60. The summed E-state index contributed by atoms with van der Waals surface area (Å²) >= 11 is 0. The molecule has 0 aliphatic heterocycles. The molecular weight excluding hydrogens is 258 g/mol. The van der Waals surface area contributed by atoms with Gasteiger partial charge in [-0.05, 0) is 62.9 Å². The molecule has 0 amide bonds. The molecule has 0 unspecified atom stereocenters. The molecule has 3 nitrogen and oxygen atoms in total. The van der Waals surface area contributed by atoms with Gasteiger partial charge in [0.1, 0.15) is 0 Å². The maximum absolute atomic E-state index is 4.64. The summed E-state index contributed by atoms with van der Waals surface area (Å²) in [6.45, 7) is 14.0. The molecule has 1 N–H and O–H groups in total. The molecule has 3 heteroatoms. The van der Waals surface area contributed by atoms with Crippen molar-refractivity contribution in [2.45, 2.75) is 59.5 Å². The topological polar surface area (TPSA) is 29.9 Å². The molecule has 0 aliphatic rings. The van der Waals surface area contributed by atoms with E-state index in [0.717, 1.165) is 17.9 Å². The van der Waals surface area contributed by atoms with E-state index in [0.29, 0.717) is 5.92 Å². The molecule has 2 aromatic rings. The molecule has 1 aromatic carbocycles. The van der Waals surface area contributed by atoms with Gasteiger partial charge in [-0.15, -0.1) is 0 Å². The minimum absolute atomic E-state index is 0.138. The van der Waals surface area contributed by atoms with Crippen molar-refractivity contribution in [3.63, 3.8) is 0 Å². The van der Waals surface area contributed by atoms with Crippen LogP contribution < -0.4 is 5.32 Å². The maximum atomic E-state index is 4.64. The second-order valence-corrected chi connectivity index (χ2v) is 7.05. The van der Waals surface area contributed by atoms with Gasteiger partial charge in [-0.25, -0.2) is 4.68 Å². The van der Waals surface area contributed by atoms with Gasteiger partial charge in [0.15, 0.2) is 0 Å². The molecule has 1 aromatic heterocycles. The summed E-state index contributed by atoms with van der Waals surface area (Å²) in [6, 6.07) is 8.63. The average Bonchev–Trinajstić information content (AvgIpc) is 2.85. The van der Waals surface area contributed by atoms with Crippen LogP contribution >= 0.6 is 0 Å². The second kappa shape index (κ2) is 6.02. The fourth-order valence-corrected chi connectivity index (χ4v) is 2.17. The summed E-state index contributed by atoms with van der Waals surface area (Å²) in [4.78, 5) is 0. The molecular formula is C18H27N3. The minimum Gasteiger partial charge on any atom is -0.308 e. The molecule has 1 heterocycles. The van der Waals surface area contributed by atoms with Crippen LogP contribution in [0, 0.1) is 6.92 Å². The first kappa shape index (κ1) is 15.8. The van der Waals surface area contributed by atoms with Gasteiger partial charge in [0.2, 0.25) is 0 Å². The van der Waals surface area contributed by atoms with Crippen molar-refractivity contribution in [3.8, 4) is 5.69 Å². The highest BCUT2D eigenvalue weighted by Gasteiger charge is 2.10. The normalized spacial score (nSPS) is 12.1. The largest absolute Gasteiger partial charge is 0.308 e. The highest BCUT2D eigenvalue weighted by Crippen LogP contribution is 2.17. The minimum atomic E-state index is 0.138. The third-order valence-electron chi connectivity index (χ3n) is 3.60. The number of nitrogens with zero attached hydrogens (tertiary/aromatic N) is 2. The Hall–Kier alpha value is -1.61. The van der Waals surface area contributed by atoms with Crippen LogP contribution in [0.4, 0.5) is 0 Å². The van der Waals surface area contributed by atoms with Crippen molar-refractivity contribution < 1.29 is 0 Å². The Morgan fingerprint density at radius 2 is 1.90 bits per heavy atom. The lowest BCUT2D eigenvalue weighted by Gasteiger charge is -2.21. The number of aromatic nitrogens is 2. The average molecular weight is 285 g/mol. The Morgan fingerprint density at radius 1 is 1.19 bits per heavy atom. The van der Waals surface area contributed by atoms with Crippen molar-refractivity contribution >= 4 is 0 Å². The Labute approximate surface area is 128 Å². The fourth-order valence-electron chi connectivity index (χ4n) is 2.17. The predicted molar refractivity (Wildman–Crippen MR) is 89.0 cm³/mol. The molecule has 0 fully saturated rings. The lowest BCUT2D eigenvalue weighted by atomic mass is 10.0. The van der Waals surface area contributed by atoms with E-state index < -0.39 is 0 Å². The first-order valence-corrected chi connectivity index (χ1v) is 7.67. The van der Waals surface area contributed by atoms with Gasteiger partial charge in [-0.2, -0.15) is 5.10 Å². The second-order valence-electron chi connectivity index (χ2n) is 7.05. The van der Waals surface area contributed by atoms with Crippen molar-refractivity contribution in [1.82, 2.24) is 15.1 Å². The number of aryl methyl sites for hydroxylation is 1. The van der Waals surface area contributed by atoms with Crippen molar-refractivity contribution in [3.05, 3.63) is 47.3 Å². The lowest BCUT2D eigenvalue weighted by Crippen LogP contribution is -2.35. The Balaban J connectivity index is 2.18. The van der Waals surface area contributed by atoms with Gasteiger partial charge < -0.3 is 5.32 Å². The van der Waals surface area contributed by atoms with Crippen molar-refractivity contribution in [2.75, 3.05) is 0 Å². The standard InChI is InChI=1S/C18H27N3/c1-13(2)17-9-10-21(20-17)16-8-7-15(14(3)11-16)12-19-18(4,5)6/h7-11,13,19H,12H2,1-6H3. The van der Waals surface area contributed by atoms with E-state index in [2.05, 4.69) is 76.2 Å². The van der Waals surface area contributed by atoms with Crippen LogP contribution in [0.15, 0.2) is 30.5 Å². The van der Waals surface area contributed by atoms with E-state index in [1.165, 1.54) is 11.1 Å². The van der Waals surface area contributed by atoms with Gasteiger partial charge in [0.05, 0.1) is 11.4 Å². The summed E-state index contributed by atoms with van der Waals surface area (Å²) in [7, 11) is 0. The summed E-state index contributed by atoms with van der Waals surface area (Å²) in [5.41, 5.74) is 5.03. The monoisotopic (exact) mass is 285 g/mol. The molecule has 0 saturated heterocycles. The van der Waals surface area contributed by atoms with Crippen molar-refractivity contribution in [1.29, 1.82) is 0 Å². The SMILES string of the molecule is Cc1cc(-n2ccc(C(C)C)n2)ccc1CNC(C)(C)C. The molecule has 0 aliphatic carbocycles. The molecule has 21 heavy (non-hydrogen) atoms. The molecule has 2 rings (SSSR count). The van der Waals surface area contributed by atoms with Crippen LogP contribution in [0.1, 0.15) is 57.4 Å². The van der Waals surface area contributed by atoms with Gasteiger partial charge in [0.25, 0.3) is 0 Å². The third kappa shape index (κ3) is 4.18. The maximum Gasteiger partial charge on any atom is 0.0654 e. The molecule has 0 spiro atoms. The number of benzene rings is 1. The van der Waals surface area contributed by atoms with Crippen LogP contribution in [0.5, 0.6) is 0 Å². The molecule has 0 radical (unpaired) electrons. The van der Waals surface area contributed by atoms with E-state index in [4.69, 9.17) is 0 Å². The highest BCUT2D eigenvalue weighted by molar-refractivity contribution is 5.40. The van der Waals surface area contributed by atoms with Gasteiger partial charge >= 0.3 is 0 Å². The Bertz CT molecular complexity index is 603. The van der Waals surface area contributed by atoms with Crippen LogP contribution in [0.2, 0.25) is 0 Å². The summed E-state index contributed by atoms with van der Waals surface area (Å²) < 4.78 is 1.96. The van der Waals surface area contributed by atoms with Gasteiger partial charge in [-0.1, -0.05) is 19.9 Å². The molecule has 0 saturated carbocycles. The number of rotatable bonds is 4. The highest BCUT2D eigenvalue weighted by atomic mass is 15.3. The van der Waals surface area contributed by atoms with E-state index >= 15 is 0 Å². The summed E-state index contributed by atoms with van der Waals surface area (Å²) in [5, 5.41) is 8.17.